The van der Waals surface area contributed by atoms with Gasteiger partial charge in [0.1, 0.15) is 12.4 Å². The number of amides is 1. The highest BCUT2D eigenvalue weighted by Gasteiger charge is 2.10. The second-order valence-corrected chi connectivity index (χ2v) is 5.65. The molecule has 0 radical (unpaired) electrons. The molecule has 4 nitrogen and oxygen atoms in total. The van der Waals surface area contributed by atoms with Crippen molar-refractivity contribution in [2.45, 2.75) is 19.4 Å². The molecule has 0 spiro atoms. The summed E-state index contributed by atoms with van der Waals surface area (Å²) in [7, 11) is 0. The van der Waals surface area contributed by atoms with Gasteiger partial charge in [0.05, 0.1) is 6.61 Å². The van der Waals surface area contributed by atoms with Crippen molar-refractivity contribution in [3.05, 3.63) is 71.3 Å². The Morgan fingerprint density at radius 2 is 2.08 bits per heavy atom. The van der Waals surface area contributed by atoms with Gasteiger partial charge >= 0.3 is 6.09 Å². The molecule has 1 heterocycles. The highest BCUT2D eigenvalue weighted by Crippen LogP contribution is 2.26. The maximum atomic E-state index is 11.6. The van der Waals surface area contributed by atoms with Gasteiger partial charge in [0.15, 0.2) is 0 Å². The molecule has 2 aromatic rings. The van der Waals surface area contributed by atoms with E-state index < -0.39 is 0 Å². The average molecular weight is 323 g/mol. The van der Waals surface area contributed by atoms with E-state index in [9.17, 15) is 4.79 Å². The number of hydrogen-bond donors (Lipinski definition) is 1. The van der Waals surface area contributed by atoms with Gasteiger partial charge in [-0.15, -0.1) is 0 Å². The monoisotopic (exact) mass is 323 g/mol. The first kappa shape index (κ1) is 16.1. The minimum Gasteiger partial charge on any atom is -0.493 e. The number of rotatable bonds is 6. The van der Waals surface area contributed by atoms with Crippen LogP contribution in [0.25, 0.3) is 6.08 Å². The summed E-state index contributed by atoms with van der Waals surface area (Å²) in [5, 5.41) is 2.75. The number of carbonyl (C=O) groups is 1. The lowest BCUT2D eigenvalue weighted by Crippen LogP contribution is -2.24. The molecule has 0 saturated carbocycles. The summed E-state index contributed by atoms with van der Waals surface area (Å²) in [6.07, 6.45) is 5.46. The maximum absolute atomic E-state index is 11.6. The summed E-state index contributed by atoms with van der Waals surface area (Å²) in [4.78, 5) is 11.6. The minimum absolute atomic E-state index is 0.291. The van der Waals surface area contributed by atoms with Crippen molar-refractivity contribution >= 4 is 12.2 Å². The van der Waals surface area contributed by atoms with E-state index in [0.717, 1.165) is 36.3 Å². The van der Waals surface area contributed by atoms with E-state index in [1.54, 1.807) is 0 Å². The van der Waals surface area contributed by atoms with Crippen LogP contribution in [0.1, 0.15) is 23.1 Å². The second-order valence-electron chi connectivity index (χ2n) is 5.65. The lowest BCUT2D eigenvalue weighted by molar-refractivity contribution is 0.140. The number of benzene rings is 2. The minimum atomic E-state index is -0.387. The Bertz CT molecular complexity index is 710. The third kappa shape index (κ3) is 4.62. The van der Waals surface area contributed by atoms with Gasteiger partial charge in [-0.25, -0.2) is 4.79 Å². The van der Waals surface area contributed by atoms with Gasteiger partial charge in [-0.2, -0.15) is 0 Å². The summed E-state index contributed by atoms with van der Waals surface area (Å²) in [5.41, 5.74) is 3.40. The molecule has 1 N–H and O–H groups in total. The molecular formula is C20H21NO3. The number of ether oxygens (including phenoxy) is 2. The first-order valence-electron chi connectivity index (χ1n) is 8.18. The number of carbonyl (C=O) groups excluding carboxylic acids is 1. The van der Waals surface area contributed by atoms with Crippen LogP contribution in [0.4, 0.5) is 4.79 Å². The van der Waals surface area contributed by atoms with Gasteiger partial charge in [0.25, 0.3) is 0 Å². The quantitative estimate of drug-likeness (QED) is 0.819. The summed E-state index contributed by atoms with van der Waals surface area (Å²) in [6.45, 7) is 1.62. The Kier molecular flexibility index (Phi) is 5.51. The summed E-state index contributed by atoms with van der Waals surface area (Å²) < 4.78 is 10.6. The summed E-state index contributed by atoms with van der Waals surface area (Å²) >= 11 is 0. The number of alkyl carbamates (subject to hydrolysis) is 1. The predicted octanol–water partition coefficient (Wildman–Crippen LogP) is 3.95. The second kappa shape index (κ2) is 8.20. The van der Waals surface area contributed by atoms with E-state index in [1.165, 1.54) is 5.56 Å². The summed E-state index contributed by atoms with van der Waals surface area (Å²) in [6, 6.07) is 15.8. The molecule has 124 valence electrons. The van der Waals surface area contributed by atoms with Crippen molar-refractivity contribution in [2.24, 2.45) is 0 Å². The van der Waals surface area contributed by atoms with Crippen LogP contribution in [0, 0.1) is 0 Å². The zero-order chi connectivity index (χ0) is 16.6. The molecule has 0 aromatic heterocycles. The molecule has 2 aromatic carbocycles. The fourth-order valence-electron chi connectivity index (χ4n) is 2.56. The van der Waals surface area contributed by atoms with E-state index in [-0.39, 0.29) is 6.09 Å². The lowest BCUT2D eigenvalue weighted by Gasteiger charge is -2.06. The largest absolute Gasteiger partial charge is 0.493 e. The number of fused-ring (bicyclic) bond motifs is 1. The third-order valence-corrected chi connectivity index (χ3v) is 3.82. The molecular weight excluding hydrogens is 302 g/mol. The molecule has 0 unspecified atom stereocenters. The van der Waals surface area contributed by atoms with Crippen molar-refractivity contribution in [3.63, 3.8) is 0 Å². The first-order valence-corrected chi connectivity index (χ1v) is 8.18. The molecule has 24 heavy (non-hydrogen) atoms. The normalized spacial score (nSPS) is 12.7. The van der Waals surface area contributed by atoms with Crippen molar-refractivity contribution in [2.75, 3.05) is 13.2 Å². The molecule has 4 heteroatoms. The van der Waals surface area contributed by atoms with Crippen LogP contribution in [0.3, 0.4) is 0 Å². The fourth-order valence-corrected chi connectivity index (χ4v) is 2.56. The van der Waals surface area contributed by atoms with E-state index in [2.05, 4.69) is 23.5 Å². The number of nitrogens with one attached hydrogen (secondary N) is 1. The van der Waals surface area contributed by atoms with Crippen molar-refractivity contribution in [1.29, 1.82) is 0 Å². The Morgan fingerprint density at radius 3 is 2.96 bits per heavy atom. The van der Waals surface area contributed by atoms with Gasteiger partial charge < -0.3 is 14.8 Å². The topological polar surface area (TPSA) is 47.6 Å². The molecule has 0 saturated heterocycles. The van der Waals surface area contributed by atoms with Crippen LogP contribution in [0.5, 0.6) is 5.75 Å². The molecule has 1 aliphatic rings. The maximum Gasteiger partial charge on any atom is 0.407 e. The van der Waals surface area contributed by atoms with Gasteiger partial charge in [-0.05, 0) is 35.2 Å². The van der Waals surface area contributed by atoms with Gasteiger partial charge in [-0.1, -0.05) is 48.6 Å². The van der Waals surface area contributed by atoms with Crippen molar-refractivity contribution in [3.8, 4) is 5.75 Å². The zero-order valence-corrected chi connectivity index (χ0v) is 13.5. The molecule has 0 fully saturated rings. The van der Waals surface area contributed by atoms with Crippen molar-refractivity contribution < 1.29 is 14.3 Å². The highest BCUT2D eigenvalue weighted by atomic mass is 16.5. The molecule has 1 amide bonds. The Hall–Kier alpha value is -2.75. The van der Waals surface area contributed by atoms with Crippen LogP contribution < -0.4 is 10.1 Å². The van der Waals surface area contributed by atoms with Crippen LogP contribution in [0.15, 0.2) is 54.6 Å². The van der Waals surface area contributed by atoms with E-state index >= 15 is 0 Å². The zero-order valence-electron chi connectivity index (χ0n) is 13.5. The predicted molar refractivity (Wildman–Crippen MR) is 93.9 cm³/mol. The van der Waals surface area contributed by atoms with Crippen LogP contribution in [0.2, 0.25) is 0 Å². The highest BCUT2D eigenvalue weighted by molar-refractivity contribution is 5.67. The van der Waals surface area contributed by atoms with Crippen molar-refractivity contribution in [1.82, 2.24) is 5.32 Å². The molecule has 0 atom stereocenters. The summed E-state index contributed by atoms with van der Waals surface area (Å²) in [5.74, 6) is 0.995. The third-order valence-electron chi connectivity index (χ3n) is 3.82. The SMILES string of the molecule is O=C(NCCC=Cc1ccc2c(c1)CCO2)OCc1ccccc1. The van der Waals surface area contributed by atoms with E-state index in [4.69, 9.17) is 9.47 Å². The van der Waals surface area contributed by atoms with Gasteiger partial charge in [0, 0.05) is 13.0 Å². The van der Waals surface area contributed by atoms with Crippen LogP contribution in [-0.4, -0.2) is 19.2 Å². The van der Waals surface area contributed by atoms with Crippen LogP contribution >= 0.6 is 0 Å². The fraction of sp³-hybridized carbons (Fsp3) is 0.250. The van der Waals surface area contributed by atoms with Crippen LogP contribution in [-0.2, 0) is 17.8 Å². The Morgan fingerprint density at radius 1 is 1.21 bits per heavy atom. The number of hydrogen-bond acceptors (Lipinski definition) is 3. The first-order chi connectivity index (χ1) is 11.8. The van der Waals surface area contributed by atoms with E-state index in [0.29, 0.717) is 13.2 Å². The Labute approximate surface area is 142 Å². The molecule has 3 rings (SSSR count). The Balaban J connectivity index is 1.35. The standard InChI is InChI=1S/C20H21NO3/c22-20(24-15-17-7-2-1-3-8-17)21-12-5-4-6-16-9-10-19-18(14-16)11-13-23-19/h1-4,6-10,14H,5,11-13,15H2,(H,21,22). The lowest BCUT2D eigenvalue weighted by atomic mass is 10.1. The molecule has 0 aliphatic carbocycles. The van der Waals surface area contributed by atoms with E-state index in [1.807, 2.05) is 42.5 Å². The van der Waals surface area contributed by atoms with Gasteiger partial charge in [0.2, 0.25) is 0 Å². The average Bonchev–Trinajstić information content (AvgIpc) is 3.08. The molecule has 1 aliphatic heterocycles. The smallest absolute Gasteiger partial charge is 0.407 e. The van der Waals surface area contributed by atoms with Gasteiger partial charge in [-0.3, -0.25) is 0 Å². The molecule has 0 bridgehead atoms.